The Balaban J connectivity index is 2.06. The molecule has 0 atom stereocenters. The number of halogens is 2. The molecule has 1 heterocycles. The molecule has 0 aromatic carbocycles. The van der Waals surface area contributed by atoms with Crippen LogP contribution >= 0.6 is 34.2 Å². The fourth-order valence-corrected chi connectivity index (χ4v) is 3.38. The maximum Gasteiger partial charge on any atom is 0.226 e. The molecule has 100 valence electrons. The van der Waals surface area contributed by atoms with Gasteiger partial charge in [-0.15, -0.1) is 0 Å². The molecule has 0 bridgehead atoms. The van der Waals surface area contributed by atoms with E-state index in [4.69, 9.17) is 11.6 Å². The van der Waals surface area contributed by atoms with Gasteiger partial charge in [0.15, 0.2) is 3.83 Å². The van der Waals surface area contributed by atoms with Crippen LogP contribution in [0.2, 0.25) is 5.28 Å². The van der Waals surface area contributed by atoms with Crippen molar-refractivity contribution in [3.63, 3.8) is 0 Å². The lowest BCUT2D eigenvalue weighted by Gasteiger charge is -2.17. The molecule has 0 radical (unpaired) electrons. The van der Waals surface area contributed by atoms with Crippen molar-refractivity contribution >= 4 is 34.2 Å². The van der Waals surface area contributed by atoms with Gasteiger partial charge in [-0.3, -0.25) is 0 Å². The van der Waals surface area contributed by atoms with Gasteiger partial charge in [0.25, 0.3) is 0 Å². The Morgan fingerprint density at radius 2 is 1.39 bits per heavy atom. The van der Waals surface area contributed by atoms with E-state index in [1.807, 2.05) is 0 Å². The summed E-state index contributed by atoms with van der Waals surface area (Å²) in [5, 5.41) is 0.335. The molecule has 1 aliphatic carbocycles. The van der Waals surface area contributed by atoms with E-state index < -0.39 is 0 Å². The van der Waals surface area contributed by atoms with Crippen LogP contribution in [0.15, 0.2) is 0 Å². The summed E-state index contributed by atoms with van der Waals surface area (Å²) in [5.74, 6) is 1.37. The molecule has 0 N–H and O–H groups in total. The van der Waals surface area contributed by atoms with E-state index in [0.717, 1.165) is 5.82 Å². The van der Waals surface area contributed by atoms with Crippen molar-refractivity contribution in [1.29, 1.82) is 0 Å². The molecule has 0 aliphatic heterocycles. The summed E-state index contributed by atoms with van der Waals surface area (Å²) >= 11 is 8.05. The summed E-state index contributed by atoms with van der Waals surface area (Å²) in [6, 6.07) is 0. The number of hydrogen-bond donors (Lipinski definition) is 0. The SMILES string of the molecule is Clc1nc(I)nc(C2CCCCCCCCC2)n1. The van der Waals surface area contributed by atoms with E-state index in [-0.39, 0.29) is 0 Å². The Hall–Kier alpha value is 0.0300. The molecule has 0 saturated heterocycles. The Morgan fingerprint density at radius 1 is 0.833 bits per heavy atom. The fraction of sp³-hybridized carbons (Fsp3) is 0.769. The number of hydrogen-bond acceptors (Lipinski definition) is 3. The van der Waals surface area contributed by atoms with E-state index in [9.17, 15) is 0 Å². The van der Waals surface area contributed by atoms with E-state index in [0.29, 0.717) is 15.0 Å². The fourth-order valence-electron chi connectivity index (χ4n) is 2.59. The summed E-state index contributed by atoms with van der Waals surface area (Å²) < 4.78 is 0.708. The maximum atomic E-state index is 5.93. The molecule has 0 spiro atoms. The molecule has 1 saturated carbocycles. The lowest BCUT2D eigenvalue weighted by atomic mass is 9.92. The van der Waals surface area contributed by atoms with Gasteiger partial charge in [0, 0.05) is 28.5 Å². The van der Waals surface area contributed by atoms with E-state index in [2.05, 4.69) is 37.5 Å². The van der Waals surface area contributed by atoms with Crippen molar-refractivity contribution in [2.24, 2.45) is 0 Å². The second-order valence-corrected chi connectivity index (χ2v) is 6.28. The Bertz CT molecular complexity index is 356. The zero-order valence-corrected chi connectivity index (χ0v) is 13.5. The molecule has 3 nitrogen and oxygen atoms in total. The van der Waals surface area contributed by atoms with Crippen LogP contribution in [0.25, 0.3) is 0 Å². The quantitative estimate of drug-likeness (QED) is 0.662. The van der Waals surface area contributed by atoms with E-state index >= 15 is 0 Å². The minimum atomic E-state index is 0.335. The molecule has 5 heteroatoms. The second-order valence-electron chi connectivity index (χ2n) is 4.98. The van der Waals surface area contributed by atoms with Crippen LogP contribution < -0.4 is 0 Å². The molecular weight excluding hydrogens is 361 g/mol. The molecule has 1 aliphatic rings. The monoisotopic (exact) mass is 379 g/mol. The number of aromatic nitrogens is 3. The molecule has 0 amide bonds. The average Bonchev–Trinajstić information content (AvgIpc) is 2.34. The predicted molar refractivity (Wildman–Crippen MR) is 81.8 cm³/mol. The normalized spacial score (nSPS) is 19.7. The molecule has 1 aromatic rings. The zero-order chi connectivity index (χ0) is 12.8. The second kappa shape index (κ2) is 7.58. The van der Waals surface area contributed by atoms with Crippen LogP contribution in [0.5, 0.6) is 0 Å². The molecule has 18 heavy (non-hydrogen) atoms. The first-order valence-corrected chi connectivity index (χ1v) is 8.28. The van der Waals surface area contributed by atoms with Crippen molar-refractivity contribution in [3.05, 3.63) is 14.9 Å². The third-order valence-corrected chi connectivity index (χ3v) is 4.22. The maximum absolute atomic E-state index is 5.93. The van der Waals surface area contributed by atoms with Crippen molar-refractivity contribution in [2.45, 2.75) is 63.7 Å². The molecule has 1 fully saturated rings. The van der Waals surface area contributed by atoms with Gasteiger partial charge in [-0.25, -0.2) is 9.97 Å². The van der Waals surface area contributed by atoms with Gasteiger partial charge >= 0.3 is 0 Å². The highest BCUT2D eigenvalue weighted by Gasteiger charge is 2.17. The first-order chi connectivity index (χ1) is 8.75. The van der Waals surface area contributed by atoms with Crippen LogP contribution in [0.4, 0.5) is 0 Å². The van der Waals surface area contributed by atoms with Crippen LogP contribution in [0.1, 0.15) is 69.5 Å². The smallest absolute Gasteiger partial charge is 0.207 e. The number of rotatable bonds is 1. The minimum absolute atomic E-state index is 0.335. The lowest BCUT2D eigenvalue weighted by Crippen LogP contribution is -2.08. The Labute approximate surface area is 127 Å². The first-order valence-electron chi connectivity index (χ1n) is 6.82. The largest absolute Gasteiger partial charge is 0.226 e. The zero-order valence-electron chi connectivity index (χ0n) is 10.5. The van der Waals surface area contributed by atoms with E-state index in [1.54, 1.807) is 0 Å². The summed E-state index contributed by atoms with van der Waals surface area (Å²) in [6.07, 6.45) is 11.8. The van der Waals surface area contributed by atoms with Gasteiger partial charge in [-0.2, -0.15) is 4.98 Å². The summed E-state index contributed by atoms with van der Waals surface area (Å²) in [4.78, 5) is 12.8. The van der Waals surface area contributed by atoms with Crippen LogP contribution in [0.3, 0.4) is 0 Å². The standard InChI is InChI=1S/C13H19ClIN3/c14-12-16-11(17-13(15)18-12)10-8-6-4-2-1-3-5-7-9-10/h10H,1-9H2. The van der Waals surface area contributed by atoms with Gasteiger partial charge in [-0.05, 0) is 24.4 Å². The highest BCUT2D eigenvalue weighted by Crippen LogP contribution is 2.28. The van der Waals surface area contributed by atoms with Crippen LogP contribution in [-0.2, 0) is 0 Å². The highest BCUT2D eigenvalue weighted by molar-refractivity contribution is 14.1. The topological polar surface area (TPSA) is 38.7 Å². The molecule has 0 unspecified atom stereocenters. The molecule has 1 aromatic heterocycles. The van der Waals surface area contributed by atoms with Crippen molar-refractivity contribution < 1.29 is 0 Å². The third kappa shape index (κ3) is 4.61. The third-order valence-electron chi connectivity index (χ3n) is 3.57. The van der Waals surface area contributed by atoms with Crippen molar-refractivity contribution in [3.8, 4) is 0 Å². The first kappa shape index (κ1) is 14.4. The lowest BCUT2D eigenvalue weighted by molar-refractivity contribution is 0.449. The van der Waals surface area contributed by atoms with Gasteiger partial charge in [0.2, 0.25) is 5.28 Å². The van der Waals surface area contributed by atoms with Crippen molar-refractivity contribution in [1.82, 2.24) is 15.0 Å². The van der Waals surface area contributed by atoms with E-state index in [1.165, 1.54) is 57.8 Å². The average molecular weight is 380 g/mol. The Kier molecular flexibility index (Phi) is 6.08. The highest BCUT2D eigenvalue weighted by atomic mass is 127. The molecular formula is C13H19ClIN3. The summed E-state index contributed by atoms with van der Waals surface area (Å²) in [7, 11) is 0. The summed E-state index contributed by atoms with van der Waals surface area (Å²) in [6.45, 7) is 0. The minimum Gasteiger partial charge on any atom is -0.207 e. The van der Waals surface area contributed by atoms with Crippen LogP contribution in [0, 0.1) is 3.83 Å². The Morgan fingerprint density at radius 3 is 1.94 bits per heavy atom. The van der Waals surface area contributed by atoms with Gasteiger partial charge in [-0.1, -0.05) is 44.9 Å². The number of nitrogens with zero attached hydrogens (tertiary/aromatic N) is 3. The van der Waals surface area contributed by atoms with Gasteiger partial charge in [0.05, 0.1) is 0 Å². The van der Waals surface area contributed by atoms with Gasteiger partial charge in [0.1, 0.15) is 5.82 Å². The summed E-state index contributed by atoms with van der Waals surface area (Å²) in [5.41, 5.74) is 0. The van der Waals surface area contributed by atoms with Crippen LogP contribution in [-0.4, -0.2) is 15.0 Å². The molecule has 2 rings (SSSR count). The van der Waals surface area contributed by atoms with Gasteiger partial charge < -0.3 is 0 Å². The predicted octanol–water partition coefficient (Wildman–Crippen LogP) is 4.74. The van der Waals surface area contributed by atoms with Crippen molar-refractivity contribution in [2.75, 3.05) is 0 Å².